The Morgan fingerprint density at radius 2 is 0.896 bits per heavy atom. The molecule has 2 heteroatoms. The van der Waals surface area contributed by atoms with E-state index in [4.69, 9.17) is 0 Å². The molecule has 0 saturated carbocycles. The maximum Gasteiger partial charge on any atom is 0.0541 e. The molecule has 48 heavy (non-hydrogen) atoms. The molecular weight excluding hydrogens is 581 g/mol. The molecule has 0 fully saturated rings. The zero-order valence-corrected chi connectivity index (χ0v) is 26.2. The van der Waals surface area contributed by atoms with E-state index in [-0.39, 0.29) is 0 Å². The highest BCUT2D eigenvalue weighted by Gasteiger charge is 2.21. The number of nitrogens with zero attached hydrogens (tertiary/aromatic N) is 2. The average molecular weight is 611 g/mol. The van der Waals surface area contributed by atoms with E-state index < -0.39 is 0 Å². The molecule has 0 aliphatic carbocycles. The number of hydrogen-bond donors (Lipinski definition) is 0. The Balaban J connectivity index is 1.25. The molecule has 0 amide bonds. The van der Waals surface area contributed by atoms with Gasteiger partial charge in [0.2, 0.25) is 0 Å². The van der Waals surface area contributed by atoms with E-state index in [0.29, 0.717) is 0 Å². The Kier molecular flexibility index (Phi) is 5.91. The summed E-state index contributed by atoms with van der Waals surface area (Å²) in [5.74, 6) is 0. The molecule has 0 aliphatic rings. The predicted molar refractivity (Wildman–Crippen MR) is 205 cm³/mol. The Labute approximate surface area is 278 Å². The monoisotopic (exact) mass is 610 g/mol. The van der Waals surface area contributed by atoms with E-state index in [1.165, 1.54) is 70.9 Å². The van der Waals surface area contributed by atoms with Crippen molar-refractivity contribution < 1.29 is 0 Å². The van der Waals surface area contributed by atoms with Crippen molar-refractivity contribution in [1.29, 1.82) is 0 Å². The number of anilines is 3. The van der Waals surface area contributed by atoms with Crippen LogP contribution in [0.5, 0.6) is 0 Å². The number of benzene rings is 9. The maximum absolute atomic E-state index is 2.45. The van der Waals surface area contributed by atoms with Crippen molar-refractivity contribution in [2.24, 2.45) is 0 Å². The summed E-state index contributed by atoms with van der Waals surface area (Å²) in [6.45, 7) is 0. The summed E-state index contributed by atoms with van der Waals surface area (Å²) in [5.41, 5.74) is 9.48. The molecule has 0 aliphatic heterocycles. The van der Waals surface area contributed by atoms with Gasteiger partial charge >= 0.3 is 0 Å². The number of rotatable bonds is 5. The third kappa shape index (κ3) is 4.00. The summed E-state index contributed by atoms with van der Waals surface area (Å²) in [6, 6.07) is 66.2. The summed E-state index contributed by atoms with van der Waals surface area (Å²) in [6.07, 6.45) is 0. The fourth-order valence-electron chi connectivity index (χ4n) is 7.80. The Morgan fingerprint density at radius 1 is 0.354 bits per heavy atom. The molecule has 10 rings (SSSR count). The van der Waals surface area contributed by atoms with Crippen molar-refractivity contribution in [2.75, 3.05) is 4.90 Å². The fraction of sp³-hybridized carbons (Fsp3) is 0. The van der Waals surface area contributed by atoms with Crippen molar-refractivity contribution in [3.05, 3.63) is 182 Å². The van der Waals surface area contributed by atoms with E-state index in [2.05, 4.69) is 191 Å². The van der Waals surface area contributed by atoms with Crippen molar-refractivity contribution in [3.63, 3.8) is 0 Å². The second-order valence-electron chi connectivity index (χ2n) is 12.5. The van der Waals surface area contributed by atoms with Crippen molar-refractivity contribution >= 4 is 71.2 Å². The molecule has 224 valence electrons. The van der Waals surface area contributed by atoms with E-state index >= 15 is 0 Å². The summed E-state index contributed by atoms with van der Waals surface area (Å²) in [7, 11) is 0. The highest BCUT2D eigenvalue weighted by Crippen LogP contribution is 2.46. The van der Waals surface area contributed by atoms with Crippen LogP contribution in [0.25, 0.3) is 70.9 Å². The molecule has 1 aromatic heterocycles. The van der Waals surface area contributed by atoms with Gasteiger partial charge in [-0.15, -0.1) is 0 Å². The van der Waals surface area contributed by atoms with Crippen LogP contribution in [0, 0.1) is 0 Å². The first kappa shape index (κ1) is 26.8. The third-order valence-electron chi connectivity index (χ3n) is 9.91. The zero-order chi connectivity index (χ0) is 31.6. The van der Waals surface area contributed by atoms with Gasteiger partial charge in [0.15, 0.2) is 0 Å². The summed E-state index contributed by atoms with van der Waals surface area (Å²) < 4.78 is 2.45. The fourth-order valence-corrected chi connectivity index (χ4v) is 7.80. The molecule has 0 atom stereocenters. The van der Waals surface area contributed by atoms with Gasteiger partial charge in [-0.2, -0.15) is 0 Å². The smallest absolute Gasteiger partial charge is 0.0541 e. The molecule has 1 heterocycles. The lowest BCUT2D eigenvalue weighted by molar-refractivity contribution is 1.20. The van der Waals surface area contributed by atoms with Crippen molar-refractivity contribution in [3.8, 4) is 16.8 Å². The average Bonchev–Trinajstić information content (AvgIpc) is 3.49. The minimum absolute atomic E-state index is 1.13. The molecule has 0 unspecified atom stereocenters. The molecule has 0 bridgehead atoms. The first-order chi connectivity index (χ1) is 23.8. The van der Waals surface area contributed by atoms with Crippen LogP contribution in [0.15, 0.2) is 182 Å². The quantitative estimate of drug-likeness (QED) is 0.176. The van der Waals surface area contributed by atoms with E-state index in [1.54, 1.807) is 0 Å². The Hall–Kier alpha value is -6.38. The second-order valence-corrected chi connectivity index (χ2v) is 12.5. The topological polar surface area (TPSA) is 8.17 Å². The second kappa shape index (κ2) is 10.6. The minimum atomic E-state index is 1.13. The summed E-state index contributed by atoms with van der Waals surface area (Å²) in [4.78, 5) is 2.41. The van der Waals surface area contributed by atoms with Crippen LogP contribution < -0.4 is 4.90 Å². The lowest BCUT2D eigenvalue weighted by Crippen LogP contribution is -2.10. The van der Waals surface area contributed by atoms with Gasteiger partial charge in [-0.1, -0.05) is 133 Å². The van der Waals surface area contributed by atoms with E-state index in [0.717, 1.165) is 17.1 Å². The van der Waals surface area contributed by atoms with Crippen LogP contribution >= 0.6 is 0 Å². The van der Waals surface area contributed by atoms with Gasteiger partial charge in [-0.05, 0) is 81.2 Å². The van der Waals surface area contributed by atoms with E-state index in [1.807, 2.05) is 0 Å². The molecule has 0 N–H and O–H groups in total. The Morgan fingerprint density at radius 3 is 1.62 bits per heavy atom. The van der Waals surface area contributed by atoms with E-state index in [9.17, 15) is 0 Å². The van der Waals surface area contributed by atoms with Gasteiger partial charge in [0.05, 0.1) is 22.4 Å². The standard InChI is InChI=1S/C46H30N2/c1-3-12-31(13-4-1)34-14-11-17-36(30-34)47(35-15-5-2-6-16-35)43-28-24-32-23-27-40-44(29-25-33-22-26-39(43)45(32)46(33)40)48-41-20-9-7-18-37(41)38-19-8-10-21-42(38)48/h1-30H. The Bertz CT molecular complexity index is 2720. The first-order valence-electron chi connectivity index (χ1n) is 16.5. The predicted octanol–water partition coefficient (Wildman–Crippen LogP) is 12.8. The third-order valence-corrected chi connectivity index (χ3v) is 9.91. The molecule has 10 aromatic rings. The summed E-state index contributed by atoms with van der Waals surface area (Å²) >= 11 is 0. The van der Waals surface area contributed by atoms with Crippen LogP contribution in [-0.4, -0.2) is 4.57 Å². The molecule has 9 aromatic carbocycles. The highest BCUT2D eigenvalue weighted by atomic mass is 15.1. The minimum Gasteiger partial charge on any atom is -0.310 e. The van der Waals surface area contributed by atoms with Gasteiger partial charge < -0.3 is 9.47 Å². The van der Waals surface area contributed by atoms with Crippen LogP contribution in [-0.2, 0) is 0 Å². The number of para-hydroxylation sites is 3. The number of aromatic nitrogens is 1. The number of hydrogen-bond acceptors (Lipinski definition) is 1. The van der Waals surface area contributed by atoms with Gasteiger partial charge in [0.1, 0.15) is 0 Å². The zero-order valence-electron chi connectivity index (χ0n) is 26.2. The van der Waals surface area contributed by atoms with Crippen LogP contribution in [0.2, 0.25) is 0 Å². The SMILES string of the molecule is c1ccc(-c2cccc(N(c3ccccc3)c3ccc4ccc5c(-n6c7ccccc7c7ccccc76)ccc6ccc3c4c65)c2)cc1. The number of fused-ring (bicyclic) bond motifs is 3. The van der Waals surface area contributed by atoms with Crippen molar-refractivity contribution in [1.82, 2.24) is 4.57 Å². The lowest BCUT2D eigenvalue weighted by atomic mass is 9.92. The lowest BCUT2D eigenvalue weighted by Gasteiger charge is -2.28. The highest BCUT2D eigenvalue weighted by molar-refractivity contribution is 6.27. The molecule has 0 spiro atoms. The first-order valence-corrected chi connectivity index (χ1v) is 16.5. The van der Waals surface area contributed by atoms with Crippen LogP contribution in [0.1, 0.15) is 0 Å². The van der Waals surface area contributed by atoms with Crippen LogP contribution in [0.4, 0.5) is 17.1 Å². The molecule has 0 saturated heterocycles. The maximum atomic E-state index is 2.45. The van der Waals surface area contributed by atoms with Gasteiger partial charge in [-0.3, -0.25) is 0 Å². The van der Waals surface area contributed by atoms with Gasteiger partial charge in [-0.25, -0.2) is 0 Å². The van der Waals surface area contributed by atoms with Crippen LogP contribution in [0.3, 0.4) is 0 Å². The molecular formula is C46H30N2. The normalized spacial score (nSPS) is 11.8. The van der Waals surface area contributed by atoms with Gasteiger partial charge in [0, 0.05) is 32.9 Å². The van der Waals surface area contributed by atoms with Gasteiger partial charge in [0.25, 0.3) is 0 Å². The summed E-state index contributed by atoms with van der Waals surface area (Å²) in [5, 5.41) is 10.1. The largest absolute Gasteiger partial charge is 0.310 e. The molecule has 2 nitrogen and oxygen atoms in total. The molecule has 0 radical (unpaired) electrons. The van der Waals surface area contributed by atoms with Crippen molar-refractivity contribution in [2.45, 2.75) is 0 Å².